The van der Waals surface area contributed by atoms with Crippen molar-refractivity contribution in [3.05, 3.63) is 59.9 Å². The molecule has 0 radical (unpaired) electrons. The van der Waals surface area contributed by atoms with Gasteiger partial charge in [0.2, 0.25) is 11.9 Å². The van der Waals surface area contributed by atoms with E-state index in [1.54, 1.807) is 12.1 Å². The average molecular weight is 369 g/mol. The van der Waals surface area contributed by atoms with Crippen LogP contribution in [0, 0.1) is 5.82 Å². The van der Waals surface area contributed by atoms with Gasteiger partial charge < -0.3 is 9.30 Å². The van der Waals surface area contributed by atoms with Crippen LogP contribution in [0.15, 0.2) is 48.5 Å². The second-order valence-electron chi connectivity index (χ2n) is 6.30. The SMILES string of the molecule is CCOCCCn1c(NC(=O)CCc2ccc(F)cc2)nc2ccccc21. The maximum Gasteiger partial charge on any atom is 0.227 e. The van der Waals surface area contributed by atoms with Gasteiger partial charge in [0.1, 0.15) is 5.82 Å². The lowest BCUT2D eigenvalue weighted by Gasteiger charge is -2.10. The molecule has 142 valence electrons. The van der Waals surface area contributed by atoms with E-state index in [-0.39, 0.29) is 11.7 Å². The Morgan fingerprint density at radius 2 is 1.96 bits per heavy atom. The maximum atomic E-state index is 13.0. The van der Waals surface area contributed by atoms with Crippen LogP contribution >= 0.6 is 0 Å². The predicted molar refractivity (Wildman–Crippen MR) is 104 cm³/mol. The number of amides is 1. The first-order valence-corrected chi connectivity index (χ1v) is 9.24. The number of halogens is 1. The lowest BCUT2D eigenvalue weighted by Crippen LogP contribution is -2.17. The van der Waals surface area contributed by atoms with Crippen LogP contribution in [0.1, 0.15) is 25.3 Å². The number of anilines is 1. The van der Waals surface area contributed by atoms with Gasteiger partial charge in [0.05, 0.1) is 11.0 Å². The molecule has 0 bridgehead atoms. The van der Waals surface area contributed by atoms with Crippen LogP contribution < -0.4 is 5.32 Å². The number of benzene rings is 2. The molecule has 0 atom stereocenters. The average Bonchev–Trinajstić information content (AvgIpc) is 3.02. The van der Waals surface area contributed by atoms with Crippen LogP contribution in [-0.2, 0) is 22.5 Å². The maximum absolute atomic E-state index is 13.0. The number of fused-ring (bicyclic) bond motifs is 1. The Balaban J connectivity index is 1.67. The Kier molecular flexibility index (Phi) is 6.54. The van der Waals surface area contributed by atoms with E-state index >= 15 is 0 Å². The molecule has 6 heteroatoms. The van der Waals surface area contributed by atoms with Gasteiger partial charge in [-0.3, -0.25) is 10.1 Å². The minimum absolute atomic E-state index is 0.110. The molecular formula is C21H24FN3O2. The molecule has 1 N–H and O–H groups in total. The first-order valence-electron chi connectivity index (χ1n) is 9.24. The number of carbonyl (C=O) groups is 1. The Bertz CT molecular complexity index is 890. The second-order valence-corrected chi connectivity index (χ2v) is 6.30. The fourth-order valence-corrected chi connectivity index (χ4v) is 2.96. The van der Waals surface area contributed by atoms with E-state index in [4.69, 9.17) is 4.74 Å². The van der Waals surface area contributed by atoms with Gasteiger partial charge in [-0.05, 0) is 49.6 Å². The van der Waals surface area contributed by atoms with Gasteiger partial charge in [-0.15, -0.1) is 0 Å². The van der Waals surface area contributed by atoms with Crippen molar-refractivity contribution in [2.45, 2.75) is 32.7 Å². The fraction of sp³-hybridized carbons (Fsp3) is 0.333. The van der Waals surface area contributed by atoms with Gasteiger partial charge in [0.25, 0.3) is 0 Å². The number of carbonyl (C=O) groups excluding carboxylic acids is 1. The largest absolute Gasteiger partial charge is 0.382 e. The van der Waals surface area contributed by atoms with Gasteiger partial charge in [0.15, 0.2) is 0 Å². The van der Waals surface area contributed by atoms with E-state index in [0.29, 0.717) is 38.5 Å². The van der Waals surface area contributed by atoms with Crippen LogP contribution in [0.25, 0.3) is 11.0 Å². The number of nitrogens with zero attached hydrogens (tertiary/aromatic N) is 2. The molecule has 27 heavy (non-hydrogen) atoms. The first kappa shape index (κ1) is 19.0. The molecule has 5 nitrogen and oxygen atoms in total. The van der Waals surface area contributed by atoms with E-state index in [9.17, 15) is 9.18 Å². The van der Waals surface area contributed by atoms with E-state index < -0.39 is 0 Å². The molecule has 0 fully saturated rings. The van der Waals surface area contributed by atoms with Crippen molar-refractivity contribution in [3.8, 4) is 0 Å². The summed E-state index contributed by atoms with van der Waals surface area (Å²) in [6.45, 7) is 4.05. The van der Waals surface area contributed by atoms with Crippen LogP contribution in [0.4, 0.5) is 10.3 Å². The topological polar surface area (TPSA) is 56.1 Å². The monoisotopic (exact) mass is 369 g/mol. The predicted octanol–water partition coefficient (Wildman–Crippen LogP) is 4.17. The van der Waals surface area contributed by atoms with Crippen molar-refractivity contribution < 1.29 is 13.9 Å². The molecule has 1 aromatic heterocycles. The van der Waals surface area contributed by atoms with E-state index in [2.05, 4.69) is 10.3 Å². The molecule has 0 aliphatic rings. The first-order chi connectivity index (χ1) is 13.2. The van der Waals surface area contributed by atoms with Gasteiger partial charge in [-0.1, -0.05) is 24.3 Å². The van der Waals surface area contributed by atoms with Crippen LogP contribution in [0.5, 0.6) is 0 Å². The van der Waals surface area contributed by atoms with Crippen molar-refractivity contribution in [1.82, 2.24) is 9.55 Å². The number of hydrogen-bond donors (Lipinski definition) is 1. The van der Waals surface area contributed by atoms with Crippen LogP contribution in [-0.4, -0.2) is 28.7 Å². The third-order valence-electron chi connectivity index (χ3n) is 4.33. The highest BCUT2D eigenvalue weighted by atomic mass is 19.1. The standard InChI is InChI=1S/C21H24FN3O2/c1-2-27-15-5-14-25-19-7-4-3-6-18(19)23-21(25)24-20(26)13-10-16-8-11-17(22)12-9-16/h3-4,6-9,11-12H,2,5,10,13-15H2,1H3,(H,23,24,26). The van der Waals surface area contributed by atoms with Gasteiger partial charge in [0, 0.05) is 26.2 Å². The lowest BCUT2D eigenvalue weighted by molar-refractivity contribution is -0.116. The number of para-hydroxylation sites is 2. The van der Waals surface area contributed by atoms with E-state index in [0.717, 1.165) is 23.0 Å². The summed E-state index contributed by atoms with van der Waals surface area (Å²) in [5.41, 5.74) is 2.77. The minimum atomic E-state index is -0.274. The van der Waals surface area contributed by atoms with E-state index in [1.807, 2.05) is 35.8 Å². The van der Waals surface area contributed by atoms with E-state index in [1.165, 1.54) is 12.1 Å². The highest BCUT2D eigenvalue weighted by Gasteiger charge is 2.13. The lowest BCUT2D eigenvalue weighted by atomic mass is 10.1. The summed E-state index contributed by atoms with van der Waals surface area (Å²) in [7, 11) is 0. The molecular weight excluding hydrogens is 345 g/mol. The quantitative estimate of drug-likeness (QED) is 0.576. The number of rotatable bonds is 9. The van der Waals surface area contributed by atoms with Crippen molar-refractivity contribution in [2.24, 2.45) is 0 Å². The number of nitrogens with one attached hydrogen (secondary N) is 1. The molecule has 3 rings (SSSR count). The third-order valence-corrected chi connectivity index (χ3v) is 4.33. The molecule has 0 spiro atoms. The summed E-state index contributed by atoms with van der Waals surface area (Å²) in [5.74, 6) is 0.168. The number of hydrogen-bond acceptors (Lipinski definition) is 3. The second kappa shape index (κ2) is 9.28. The number of aromatic nitrogens is 2. The Morgan fingerprint density at radius 3 is 2.74 bits per heavy atom. The normalized spacial score (nSPS) is 11.0. The zero-order valence-corrected chi connectivity index (χ0v) is 15.5. The number of ether oxygens (including phenoxy) is 1. The Labute approximate surface area is 158 Å². The summed E-state index contributed by atoms with van der Waals surface area (Å²) in [6, 6.07) is 14.0. The highest BCUT2D eigenvalue weighted by Crippen LogP contribution is 2.20. The fourth-order valence-electron chi connectivity index (χ4n) is 2.96. The molecule has 1 heterocycles. The summed E-state index contributed by atoms with van der Waals surface area (Å²) >= 11 is 0. The molecule has 0 saturated carbocycles. The van der Waals surface area contributed by atoms with Crippen molar-refractivity contribution in [2.75, 3.05) is 18.5 Å². The van der Waals surface area contributed by atoms with Crippen LogP contribution in [0.2, 0.25) is 0 Å². The minimum Gasteiger partial charge on any atom is -0.382 e. The number of imidazole rings is 1. The Morgan fingerprint density at radius 1 is 1.19 bits per heavy atom. The summed E-state index contributed by atoms with van der Waals surface area (Å²) in [6.07, 6.45) is 1.71. The van der Waals surface area contributed by atoms with Crippen molar-refractivity contribution in [1.29, 1.82) is 0 Å². The van der Waals surface area contributed by atoms with Crippen molar-refractivity contribution >= 4 is 22.9 Å². The van der Waals surface area contributed by atoms with Crippen molar-refractivity contribution in [3.63, 3.8) is 0 Å². The molecule has 0 aliphatic heterocycles. The zero-order valence-electron chi connectivity index (χ0n) is 15.5. The van der Waals surface area contributed by atoms with Gasteiger partial charge in [-0.25, -0.2) is 9.37 Å². The molecule has 3 aromatic rings. The molecule has 1 amide bonds. The summed E-state index contributed by atoms with van der Waals surface area (Å²) in [4.78, 5) is 17.0. The Hall–Kier alpha value is -2.73. The van der Waals surface area contributed by atoms with Crippen LogP contribution in [0.3, 0.4) is 0 Å². The molecule has 0 unspecified atom stereocenters. The van der Waals surface area contributed by atoms with Gasteiger partial charge in [-0.2, -0.15) is 0 Å². The summed E-state index contributed by atoms with van der Waals surface area (Å²) < 4.78 is 20.4. The summed E-state index contributed by atoms with van der Waals surface area (Å²) in [5, 5.41) is 2.92. The van der Waals surface area contributed by atoms with Gasteiger partial charge >= 0.3 is 0 Å². The molecule has 2 aromatic carbocycles. The smallest absolute Gasteiger partial charge is 0.227 e. The number of aryl methyl sites for hydroxylation is 2. The molecule has 0 saturated heterocycles. The third kappa shape index (κ3) is 5.14. The highest BCUT2D eigenvalue weighted by molar-refractivity contribution is 5.91. The zero-order chi connectivity index (χ0) is 19.1. The molecule has 0 aliphatic carbocycles.